The van der Waals surface area contributed by atoms with E-state index in [-0.39, 0.29) is 33.4 Å². The van der Waals surface area contributed by atoms with Crippen LogP contribution in [0.1, 0.15) is 16.1 Å². The number of aromatic amines is 1. The van der Waals surface area contributed by atoms with Crippen molar-refractivity contribution in [2.45, 2.75) is 6.18 Å². The number of alkyl halides is 3. The number of H-pyrrole nitrogens is 1. The topological polar surface area (TPSA) is 104 Å². The molecule has 0 unspecified atom stereocenters. The molecular formula is C19H16ClF3N4O4. The summed E-state index contributed by atoms with van der Waals surface area (Å²) in [6.07, 6.45) is -4.51. The number of benzene rings is 2. The zero-order valence-electron chi connectivity index (χ0n) is 16.1. The van der Waals surface area contributed by atoms with Crippen LogP contribution in [0.25, 0.3) is 10.9 Å². The summed E-state index contributed by atoms with van der Waals surface area (Å²) in [6, 6.07) is 6.46. The number of carbonyl (C=O) groups is 2. The van der Waals surface area contributed by atoms with Crippen LogP contribution in [0.2, 0.25) is 5.02 Å². The van der Waals surface area contributed by atoms with Crippen molar-refractivity contribution >= 4 is 40.1 Å². The van der Waals surface area contributed by atoms with Gasteiger partial charge in [-0.2, -0.15) is 13.2 Å². The Morgan fingerprint density at radius 2 is 1.71 bits per heavy atom. The minimum Gasteiger partial charge on any atom is -0.495 e. The molecule has 1 aromatic heterocycles. The van der Waals surface area contributed by atoms with Gasteiger partial charge in [0.15, 0.2) is 0 Å². The number of carbonyl (C=O) groups excluding carboxylic acids is 2. The van der Waals surface area contributed by atoms with E-state index in [0.717, 1.165) is 12.1 Å². The van der Waals surface area contributed by atoms with Gasteiger partial charge in [-0.25, -0.2) is 10.2 Å². The average molecular weight is 457 g/mol. The number of rotatable bonds is 4. The minimum atomic E-state index is -4.51. The highest BCUT2D eigenvalue weighted by Crippen LogP contribution is 2.35. The fourth-order valence-corrected chi connectivity index (χ4v) is 2.95. The maximum atomic E-state index is 12.8. The van der Waals surface area contributed by atoms with Gasteiger partial charge in [-0.15, -0.1) is 0 Å². The van der Waals surface area contributed by atoms with Crippen LogP contribution in [0.4, 0.5) is 23.7 Å². The van der Waals surface area contributed by atoms with E-state index in [1.165, 1.54) is 38.5 Å². The Hall–Kier alpha value is -3.60. The molecule has 164 valence electrons. The van der Waals surface area contributed by atoms with Gasteiger partial charge in [-0.1, -0.05) is 17.7 Å². The molecule has 0 fully saturated rings. The number of hydrazine groups is 1. The van der Waals surface area contributed by atoms with Crippen molar-refractivity contribution < 1.29 is 32.2 Å². The second-order valence-corrected chi connectivity index (χ2v) is 6.61. The molecule has 0 aliphatic heterocycles. The van der Waals surface area contributed by atoms with E-state index in [1.54, 1.807) is 0 Å². The molecule has 0 bridgehead atoms. The summed E-state index contributed by atoms with van der Waals surface area (Å²) in [5.74, 6) is -0.220. The van der Waals surface area contributed by atoms with E-state index in [0.29, 0.717) is 5.39 Å². The van der Waals surface area contributed by atoms with Crippen LogP contribution in [0.15, 0.2) is 36.4 Å². The Kier molecular flexibility index (Phi) is 6.16. The summed E-state index contributed by atoms with van der Waals surface area (Å²) < 4.78 is 48.7. The molecule has 0 saturated heterocycles. The van der Waals surface area contributed by atoms with Gasteiger partial charge in [-0.3, -0.25) is 10.2 Å². The lowest BCUT2D eigenvalue weighted by atomic mass is 10.1. The molecule has 0 aliphatic rings. The van der Waals surface area contributed by atoms with Gasteiger partial charge in [-0.05, 0) is 18.2 Å². The molecule has 3 aromatic rings. The number of aromatic nitrogens is 1. The zero-order valence-corrected chi connectivity index (χ0v) is 16.9. The van der Waals surface area contributed by atoms with E-state index in [9.17, 15) is 22.8 Å². The normalized spacial score (nSPS) is 11.2. The molecule has 12 heteroatoms. The Labute approximate surface area is 178 Å². The van der Waals surface area contributed by atoms with Crippen LogP contribution in [0, 0.1) is 0 Å². The van der Waals surface area contributed by atoms with Crippen LogP contribution in [-0.4, -0.2) is 31.1 Å². The standard InChI is InChI=1S/C19H16ClF3N4O4/c1-30-15-8-13(16(31-2)7-11(15)20)25-18(29)27-26-17(28)14-5-9-3-4-10(19(21,22)23)6-12(9)24-14/h3-8,24H,1-2H3,(H,26,28)(H2,25,27,29). The van der Waals surface area contributed by atoms with Crippen LogP contribution >= 0.6 is 11.6 Å². The maximum Gasteiger partial charge on any atom is 0.416 e. The third kappa shape index (κ3) is 4.94. The summed E-state index contributed by atoms with van der Waals surface area (Å²) in [5, 5.41) is 3.13. The molecule has 3 amide bonds. The number of ether oxygens (including phenoxy) is 2. The van der Waals surface area contributed by atoms with Crippen molar-refractivity contribution in [3.63, 3.8) is 0 Å². The van der Waals surface area contributed by atoms with Gasteiger partial charge in [0.1, 0.15) is 17.2 Å². The van der Waals surface area contributed by atoms with Gasteiger partial charge in [0, 0.05) is 23.0 Å². The number of methoxy groups -OCH3 is 2. The highest BCUT2D eigenvalue weighted by atomic mass is 35.5. The van der Waals surface area contributed by atoms with Gasteiger partial charge < -0.3 is 19.8 Å². The zero-order chi connectivity index (χ0) is 22.8. The smallest absolute Gasteiger partial charge is 0.416 e. The summed E-state index contributed by atoms with van der Waals surface area (Å²) in [6.45, 7) is 0. The number of hydrogen-bond donors (Lipinski definition) is 4. The van der Waals surface area contributed by atoms with Crippen LogP contribution in [-0.2, 0) is 6.18 Å². The van der Waals surface area contributed by atoms with E-state index in [4.69, 9.17) is 21.1 Å². The van der Waals surface area contributed by atoms with Crippen molar-refractivity contribution in [3.05, 3.63) is 52.7 Å². The first-order chi connectivity index (χ1) is 14.6. The third-order valence-corrected chi connectivity index (χ3v) is 4.50. The SMILES string of the molecule is COc1cc(NC(=O)NNC(=O)c2cc3ccc(C(F)(F)F)cc3[nH]2)c(OC)cc1Cl. The molecule has 0 radical (unpaired) electrons. The monoisotopic (exact) mass is 456 g/mol. The van der Waals surface area contributed by atoms with Crippen molar-refractivity contribution in [2.24, 2.45) is 0 Å². The van der Waals surface area contributed by atoms with Crippen LogP contribution in [0.3, 0.4) is 0 Å². The summed E-state index contributed by atoms with van der Waals surface area (Å²) in [7, 11) is 2.78. The number of urea groups is 1. The lowest BCUT2D eigenvalue weighted by molar-refractivity contribution is -0.137. The molecule has 1 heterocycles. The van der Waals surface area contributed by atoms with Crippen molar-refractivity contribution in [1.29, 1.82) is 0 Å². The fraction of sp³-hybridized carbons (Fsp3) is 0.158. The number of halogens is 4. The molecule has 4 N–H and O–H groups in total. The Morgan fingerprint density at radius 3 is 2.35 bits per heavy atom. The largest absolute Gasteiger partial charge is 0.495 e. The first-order valence-electron chi connectivity index (χ1n) is 8.61. The first kappa shape index (κ1) is 22.1. The number of amides is 3. The first-order valence-corrected chi connectivity index (χ1v) is 8.99. The number of anilines is 1. The van der Waals surface area contributed by atoms with Gasteiger partial charge >= 0.3 is 12.2 Å². The number of hydrogen-bond acceptors (Lipinski definition) is 4. The number of fused-ring (bicyclic) bond motifs is 1. The molecule has 3 rings (SSSR count). The van der Waals surface area contributed by atoms with Gasteiger partial charge in [0.25, 0.3) is 5.91 Å². The van der Waals surface area contributed by atoms with Gasteiger partial charge in [0.05, 0.1) is 30.5 Å². The maximum absolute atomic E-state index is 12.8. The Bertz CT molecular complexity index is 1150. The second-order valence-electron chi connectivity index (χ2n) is 6.20. The highest BCUT2D eigenvalue weighted by molar-refractivity contribution is 6.32. The second kappa shape index (κ2) is 8.64. The minimum absolute atomic E-state index is 0.0413. The molecule has 8 nitrogen and oxygen atoms in total. The predicted molar refractivity (Wildman–Crippen MR) is 107 cm³/mol. The lowest BCUT2D eigenvalue weighted by Crippen LogP contribution is -2.44. The van der Waals surface area contributed by atoms with Crippen LogP contribution in [0.5, 0.6) is 11.5 Å². The van der Waals surface area contributed by atoms with Crippen molar-refractivity contribution in [2.75, 3.05) is 19.5 Å². The highest BCUT2D eigenvalue weighted by Gasteiger charge is 2.30. The summed E-state index contributed by atoms with van der Waals surface area (Å²) in [4.78, 5) is 27.0. The summed E-state index contributed by atoms with van der Waals surface area (Å²) >= 11 is 6.00. The summed E-state index contributed by atoms with van der Waals surface area (Å²) in [5.41, 5.74) is 3.74. The molecule has 0 atom stereocenters. The quantitative estimate of drug-likeness (QED) is 0.439. The third-order valence-electron chi connectivity index (χ3n) is 4.21. The fourth-order valence-electron chi connectivity index (χ4n) is 2.72. The average Bonchev–Trinajstić information content (AvgIpc) is 3.15. The van der Waals surface area contributed by atoms with E-state index < -0.39 is 23.7 Å². The molecular weight excluding hydrogens is 441 g/mol. The molecule has 2 aromatic carbocycles. The Morgan fingerprint density at radius 1 is 1.00 bits per heavy atom. The van der Waals surface area contributed by atoms with E-state index in [1.807, 2.05) is 0 Å². The van der Waals surface area contributed by atoms with Gasteiger partial charge in [0.2, 0.25) is 0 Å². The molecule has 0 spiro atoms. The predicted octanol–water partition coefficient (Wildman–Crippen LogP) is 4.32. The van der Waals surface area contributed by atoms with E-state index in [2.05, 4.69) is 21.2 Å². The van der Waals surface area contributed by atoms with Crippen molar-refractivity contribution in [3.8, 4) is 11.5 Å². The Balaban J connectivity index is 1.67. The number of nitrogens with one attached hydrogen (secondary N) is 4. The molecule has 31 heavy (non-hydrogen) atoms. The molecule has 0 saturated carbocycles. The lowest BCUT2D eigenvalue weighted by Gasteiger charge is -2.14. The van der Waals surface area contributed by atoms with E-state index >= 15 is 0 Å². The molecule has 0 aliphatic carbocycles. The van der Waals surface area contributed by atoms with Crippen LogP contribution < -0.4 is 25.6 Å². The van der Waals surface area contributed by atoms with Crippen molar-refractivity contribution in [1.82, 2.24) is 15.8 Å².